The van der Waals surface area contributed by atoms with Crippen LogP contribution in [0.25, 0.3) is 6.08 Å². The molecule has 3 aromatic rings. The molecule has 6 nitrogen and oxygen atoms in total. The highest BCUT2D eigenvalue weighted by molar-refractivity contribution is 6.39. The number of amides is 4. The fourth-order valence-electron chi connectivity index (χ4n) is 4.06. The van der Waals surface area contributed by atoms with Crippen LogP contribution in [0.1, 0.15) is 33.4 Å². The smallest absolute Gasteiger partial charge is 0.335 e. The van der Waals surface area contributed by atoms with Crippen molar-refractivity contribution >= 4 is 41.2 Å². The summed E-state index contributed by atoms with van der Waals surface area (Å²) in [5.41, 5.74) is 5.84. The number of barbiturate groups is 1. The summed E-state index contributed by atoms with van der Waals surface area (Å²) in [7, 11) is 0. The molecule has 0 saturated carbocycles. The number of carbonyl (C=O) groups is 3. The van der Waals surface area contributed by atoms with Crippen LogP contribution in [-0.4, -0.2) is 17.8 Å². The van der Waals surface area contributed by atoms with E-state index in [1.165, 1.54) is 6.08 Å². The topological polar surface area (TPSA) is 75.7 Å². The zero-order chi connectivity index (χ0) is 25.3. The quantitative estimate of drug-likeness (QED) is 0.362. The number of anilines is 1. The Hall–Kier alpha value is -3.90. The van der Waals surface area contributed by atoms with E-state index in [0.29, 0.717) is 28.6 Å². The molecule has 0 atom stereocenters. The minimum Gasteiger partial charge on any atom is -0.487 e. The van der Waals surface area contributed by atoms with E-state index >= 15 is 0 Å². The van der Waals surface area contributed by atoms with Crippen LogP contribution in [0.15, 0.2) is 60.2 Å². The Morgan fingerprint density at radius 3 is 2.34 bits per heavy atom. The highest BCUT2D eigenvalue weighted by Crippen LogP contribution is 2.30. The summed E-state index contributed by atoms with van der Waals surface area (Å²) in [5.74, 6) is -0.967. The molecule has 35 heavy (non-hydrogen) atoms. The molecule has 0 unspecified atom stereocenters. The first-order valence-electron chi connectivity index (χ1n) is 11.1. The third-order valence-electron chi connectivity index (χ3n) is 5.86. The number of ether oxygens (including phenoxy) is 1. The third kappa shape index (κ3) is 5.12. The van der Waals surface area contributed by atoms with Gasteiger partial charge >= 0.3 is 6.03 Å². The van der Waals surface area contributed by atoms with Crippen LogP contribution in [0.4, 0.5) is 10.5 Å². The van der Waals surface area contributed by atoms with Gasteiger partial charge in [0, 0.05) is 0 Å². The number of carbonyl (C=O) groups excluding carboxylic acids is 3. The summed E-state index contributed by atoms with van der Waals surface area (Å²) >= 11 is 6.43. The Bertz CT molecular complexity index is 1370. The van der Waals surface area contributed by atoms with Gasteiger partial charge < -0.3 is 4.74 Å². The van der Waals surface area contributed by atoms with Crippen LogP contribution in [-0.2, 0) is 16.2 Å². The molecule has 1 fully saturated rings. The van der Waals surface area contributed by atoms with Crippen molar-refractivity contribution in [3.8, 4) is 5.75 Å². The van der Waals surface area contributed by atoms with Crippen molar-refractivity contribution in [2.24, 2.45) is 0 Å². The largest absolute Gasteiger partial charge is 0.487 e. The molecule has 0 spiro atoms. The number of imide groups is 2. The lowest BCUT2D eigenvalue weighted by Crippen LogP contribution is -2.54. The first kappa shape index (κ1) is 24.2. The van der Waals surface area contributed by atoms with Crippen LogP contribution < -0.4 is 15.0 Å². The van der Waals surface area contributed by atoms with Crippen molar-refractivity contribution < 1.29 is 19.1 Å². The van der Waals surface area contributed by atoms with E-state index in [9.17, 15) is 14.4 Å². The molecule has 3 aromatic carbocycles. The molecule has 0 bridgehead atoms. The van der Waals surface area contributed by atoms with E-state index in [0.717, 1.165) is 32.7 Å². The Balaban J connectivity index is 1.58. The normalized spacial score (nSPS) is 14.9. The maximum atomic E-state index is 13.2. The highest BCUT2D eigenvalue weighted by Gasteiger charge is 2.37. The van der Waals surface area contributed by atoms with Crippen LogP contribution in [0.3, 0.4) is 0 Å². The second-order valence-corrected chi connectivity index (χ2v) is 9.06. The second-order valence-electron chi connectivity index (χ2n) is 8.65. The molecule has 178 valence electrons. The molecule has 1 aliphatic heterocycles. The minimum absolute atomic E-state index is 0.162. The van der Waals surface area contributed by atoms with Crippen LogP contribution in [0, 0.1) is 27.7 Å². The molecule has 0 aromatic heterocycles. The van der Waals surface area contributed by atoms with Gasteiger partial charge in [-0.3, -0.25) is 14.9 Å². The van der Waals surface area contributed by atoms with Gasteiger partial charge in [0.1, 0.15) is 17.9 Å². The van der Waals surface area contributed by atoms with E-state index < -0.39 is 17.8 Å². The van der Waals surface area contributed by atoms with E-state index in [4.69, 9.17) is 16.3 Å². The van der Waals surface area contributed by atoms with Crippen LogP contribution in [0.5, 0.6) is 5.75 Å². The summed E-state index contributed by atoms with van der Waals surface area (Å²) < 4.78 is 5.88. The van der Waals surface area contributed by atoms with Gasteiger partial charge in [-0.25, -0.2) is 9.69 Å². The van der Waals surface area contributed by atoms with Crippen LogP contribution in [0.2, 0.25) is 5.02 Å². The molecular formula is C28H25ClN2O4. The third-order valence-corrected chi connectivity index (χ3v) is 6.16. The van der Waals surface area contributed by atoms with Gasteiger partial charge in [0.05, 0.1) is 10.7 Å². The lowest BCUT2D eigenvalue weighted by Gasteiger charge is -2.28. The predicted molar refractivity (Wildman–Crippen MR) is 137 cm³/mol. The molecule has 1 saturated heterocycles. The van der Waals surface area contributed by atoms with E-state index in [-0.39, 0.29) is 5.57 Å². The number of hydrogen-bond acceptors (Lipinski definition) is 4. The van der Waals surface area contributed by atoms with Crippen molar-refractivity contribution in [2.45, 2.75) is 34.3 Å². The standard InChI is InChI=1S/C28H25ClN2O4/c1-16-10-17(2)12-21(11-16)15-35-25-9-8-20(14-23(25)29)13-22-26(32)30-28(34)31(27(22)33)24-7-5-6-18(3)19(24)4/h5-14H,15H2,1-4H3,(H,30,32,34)/b22-13+. The molecule has 1 heterocycles. The summed E-state index contributed by atoms with van der Waals surface area (Å²) in [5, 5.41) is 2.59. The molecule has 1 aliphatic rings. The van der Waals surface area contributed by atoms with Gasteiger partial charge in [0.25, 0.3) is 11.8 Å². The molecule has 0 radical (unpaired) electrons. The number of benzene rings is 3. The summed E-state index contributed by atoms with van der Waals surface area (Å²) in [4.78, 5) is 39.2. The van der Waals surface area contributed by atoms with Gasteiger partial charge in [0.2, 0.25) is 0 Å². The van der Waals surface area contributed by atoms with E-state index in [2.05, 4.69) is 23.5 Å². The number of nitrogens with one attached hydrogen (secondary N) is 1. The summed E-state index contributed by atoms with van der Waals surface area (Å²) in [6, 6.07) is 15.7. The second kappa shape index (κ2) is 9.76. The Morgan fingerprint density at radius 1 is 0.943 bits per heavy atom. The number of rotatable bonds is 5. The lowest BCUT2D eigenvalue weighted by atomic mass is 10.0. The Labute approximate surface area is 209 Å². The number of hydrogen-bond donors (Lipinski definition) is 1. The van der Waals surface area contributed by atoms with Crippen molar-refractivity contribution in [1.29, 1.82) is 0 Å². The number of halogens is 1. The van der Waals surface area contributed by atoms with Gasteiger partial charge in [-0.1, -0.05) is 59.1 Å². The fraction of sp³-hybridized carbons (Fsp3) is 0.179. The summed E-state index contributed by atoms with van der Waals surface area (Å²) in [6.07, 6.45) is 1.42. The molecule has 7 heteroatoms. The summed E-state index contributed by atoms with van der Waals surface area (Å²) in [6.45, 7) is 8.13. The zero-order valence-corrected chi connectivity index (χ0v) is 20.7. The van der Waals surface area contributed by atoms with Gasteiger partial charge in [-0.05, 0) is 74.2 Å². The van der Waals surface area contributed by atoms with E-state index in [1.807, 2.05) is 33.8 Å². The average Bonchev–Trinajstić information content (AvgIpc) is 2.78. The molecule has 4 rings (SSSR count). The molecule has 4 amide bonds. The van der Waals surface area contributed by atoms with Gasteiger partial charge in [-0.15, -0.1) is 0 Å². The monoisotopic (exact) mass is 488 g/mol. The molecule has 0 aliphatic carbocycles. The fourth-order valence-corrected chi connectivity index (χ4v) is 4.30. The number of aryl methyl sites for hydroxylation is 3. The number of nitrogens with zero attached hydrogens (tertiary/aromatic N) is 1. The maximum Gasteiger partial charge on any atom is 0.335 e. The average molecular weight is 489 g/mol. The zero-order valence-electron chi connectivity index (χ0n) is 19.9. The molecular weight excluding hydrogens is 464 g/mol. The lowest BCUT2D eigenvalue weighted by molar-refractivity contribution is -0.122. The first-order chi connectivity index (χ1) is 16.6. The van der Waals surface area contributed by atoms with E-state index in [1.54, 1.807) is 30.3 Å². The van der Waals surface area contributed by atoms with Crippen molar-refractivity contribution in [3.63, 3.8) is 0 Å². The van der Waals surface area contributed by atoms with Crippen molar-refractivity contribution in [3.05, 3.63) is 98.6 Å². The maximum absolute atomic E-state index is 13.2. The minimum atomic E-state index is -0.779. The van der Waals surface area contributed by atoms with Crippen LogP contribution >= 0.6 is 11.6 Å². The van der Waals surface area contributed by atoms with Gasteiger partial charge in [0.15, 0.2) is 0 Å². The molecule has 1 N–H and O–H groups in total. The SMILES string of the molecule is Cc1cc(C)cc(COc2ccc(/C=C3\C(=O)NC(=O)N(c4cccc(C)c4C)C3=O)cc2Cl)c1. The highest BCUT2D eigenvalue weighted by atomic mass is 35.5. The Kier molecular flexibility index (Phi) is 6.76. The van der Waals surface area contributed by atoms with Crippen molar-refractivity contribution in [2.75, 3.05) is 4.90 Å². The Morgan fingerprint density at radius 2 is 1.66 bits per heavy atom. The first-order valence-corrected chi connectivity index (χ1v) is 11.5. The van der Waals surface area contributed by atoms with Crippen molar-refractivity contribution in [1.82, 2.24) is 5.32 Å². The predicted octanol–water partition coefficient (Wildman–Crippen LogP) is 5.82. The number of urea groups is 1. The van der Waals surface area contributed by atoms with Gasteiger partial charge in [-0.2, -0.15) is 0 Å².